The second-order valence-corrected chi connectivity index (χ2v) is 14.7. The number of aryl methyl sites for hydroxylation is 1. The molecular formula is C35H42N6O7S. The first-order valence-corrected chi connectivity index (χ1v) is 18.1. The number of carboxylic acids is 1. The highest BCUT2D eigenvalue weighted by Gasteiger charge is 2.61. The Morgan fingerprint density at radius 2 is 1.90 bits per heavy atom. The van der Waals surface area contributed by atoms with Crippen LogP contribution in [0.2, 0.25) is 0 Å². The minimum Gasteiger partial charge on any atom is -0.487 e. The van der Waals surface area contributed by atoms with E-state index in [-0.39, 0.29) is 31.4 Å². The molecule has 2 saturated carbocycles. The van der Waals surface area contributed by atoms with Gasteiger partial charge in [-0.25, -0.2) is 14.6 Å². The number of aliphatic carboxylic acids is 1. The van der Waals surface area contributed by atoms with Crippen LogP contribution in [0.1, 0.15) is 70.6 Å². The molecule has 5 atom stereocenters. The second kappa shape index (κ2) is 13.8. The molecule has 0 bridgehead atoms. The molecule has 5 heterocycles. The Labute approximate surface area is 288 Å². The number of thiophene rings is 1. The van der Waals surface area contributed by atoms with Crippen LogP contribution in [-0.4, -0.2) is 84.8 Å². The third-order valence-electron chi connectivity index (χ3n) is 10.2. The number of carbonyl (C=O) groups is 4. The molecule has 3 aromatic rings. The van der Waals surface area contributed by atoms with E-state index in [1.54, 1.807) is 18.5 Å². The Hall–Kier alpha value is -4.46. The Balaban J connectivity index is 1.16. The number of nitrogens with one attached hydrogen (secondary N) is 2. The predicted molar refractivity (Wildman–Crippen MR) is 181 cm³/mol. The first-order valence-electron chi connectivity index (χ1n) is 17.2. The van der Waals surface area contributed by atoms with Crippen LogP contribution in [0.4, 0.5) is 4.79 Å². The fraction of sp³-hybridized carbons (Fsp3) is 0.543. The molecule has 3 fully saturated rings. The molecule has 3 amide bonds. The molecular weight excluding hydrogens is 648 g/mol. The molecule has 2 aliphatic carbocycles. The SMILES string of the molecule is Cn1ccnc1-c1cc2nccc(O[C@@H]3C[C@H]4C(=O)N[C@]5(C(=O)O)C[C@@H]5/C=C\CCCCC[C@H](NC(=O)OC5CCCC5)C(=O)N4C3)c2s1. The smallest absolute Gasteiger partial charge is 0.408 e. The zero-order valence-corrected chi connectivity index (χ0v) is 28.3. The fourth-order valence-electron chi connectivity index (χ4n) is 7.38. The maximum absolute atomic E-state index is 14.3. The maximum atomic E-state index is 14.3. The number of carbonyl (C=O) groups excluding carboxylic acids is 3. The first kappa shape index (κ1) is 33.1. The van der Waals surface area contributed by atoms with Gasteiger partial charge in [-0.05, 0) is 63.5 Å². The number of pyridine rings is 1. The summed E-state index contributed by atoms with van der Waals surface area (Å²) in [6.07, 6.45) is 15.3. The van der Waals surface area contributed by atoms with Crippen molar-refractivity contribution >= 4 is 45.4 Å². The van der Waals surface area contributed by atoms with Crippen LogP contribution in [-0.2, 0) is 26.2 Å². The number of fused-ring (bicyclic) bond motifs is 3. The van der Waals surface area contributed by atoms with E-state index in [9.17, 15) is 24.3 Å². The van der Waals surface area contributed by atoms with Gasteiger partial charge in [0.25, 0.3) is 0 Å². The Morgan fingerprint density at radius 1 is 1.08 bits per heavy atom. The van der Waals surface area contributed by atoms with Gasteiger partial charge in [0.15, 0.2) is 0 Å². The van der Waals surface area contributed by atoms with Gasteiger partial charge in [0.05, 0.1) is 21.6 Å². The van der Waals surface area contributed by atoms with E-state index in [1.807, 2.05) is 36.0 Å². The summed E-state index contributed by atoms with van der Waals surface area (Å²) in [5, 5.41) is 15.8. The minimum atomic E-state index is -1.42. The lowest BCUT2D eigenvalue weighted by Crippen LogP contribution is -2.56. The second-order valence-electron chi connectivity index (χ2n) is 13.6. The average Bonchev–Trinajstić information content (AvgIpc) is 3.65. The number of ether oxygens (including phenoxy) is 2. The summed E-state index contributed by atoms with van der Waals surface area (Å²) < 4.78 is 14.9. The highest BCUT2D eigenvalue weighted by Crippen LogP contribution is 2.45. The molecule has 7 rings (SSSR count). The lowest BCUT2D eigenvalue weighted by atomic mass is 10.0. The van der Waals surface area contributed by atoms with E-state index >= 15 is 0 Å². The van der Waals surface area contributed by atoms with Crippen molar-refractivity contribution in [1.29, 1.82) is 0 Å². The highest BCUT2D eigenvalue weighted by atomic mass is 32.1. The third-order valence-corrected chi connectivity index (χ3v) is 11.3. The van der Waals surface area contributed by atoms with Gasteiger partial charge < -0.3 is 34.7 Å². The minimum absolute atomic E-state index is 0.0809. The van der Waals surface area contributed by atoms with Crippen molar-refractivity contribution in [3.63, 3.8) is 0 Å². The summed E-state index contributed by atoms with van der Waals surface area (Å²) in [5.41, 5.74) is -0.678. The van der Waals surface area contributed by atoms with Crippen molar-refractivity contribution in [2.24, 2.45) is 13.0 Å². The van der Waals surface area contributed by atoms with E-state index in [0.717, 1.165) is 65.9 Å². The number of alkyl carbamates (subject to hydrolysis) is 1. The van der Waals surface area contributed by atoms with E-state index in [2.05, 4.69) is 20.6 Å². The van der Waals surface area contributed by atoms with E-state index in [4.69, 9.17) is 9.47 Å². The largest absolute Gasteiger partial charge is 0.487 e. The lowest BCUT2D eigenvalue weighted by Gasteiger charge is -2.29. The number of rotatable bonds is 6. The molecule has 3 aromatic heterocycles. The van der Waals surface area contributed by atoms with Crippen LogP contribution in [0.15, 0.2) is 42.9 Å². The number of imidazole rings is 1. The fourth-order valence-corrected chi connectivity index (χ4v) is 8.49. The van der Waals surface area contributed by atoms with E-state index in [0.29, 0.717) is 18.6 Å². The molecule has 14 heteroatoms. The molecule has 0 aromatic carbocycles. The lowest BCUT2D eigenvalue weighted by molar-refractivity contribution is -0.145. The first-order chi connectivity index (χ1) is 23.7. The normalized spacial score (nSPS) is 28.6. The molecule has 0 unspecified atom stereocenters. The number of hydrogen-bond acceptors (Lipinski definition) is 9. The molecule has 49 heavy (non-hydrogen) atoms. The van der Waals surface area contributed by atoms with Gasteiger partial charge in [-0.2, -0.15) is 0 Å². The maximum Gasteiger partial charge on any atom is 0.408 e. The van der Waals surface area contributed by atoms with Crippen LogP contribution >= 0.6 is 11.3 Å². The van der Waals surface area contributed by atoms with Gasteiger partial charge in [0.2, 0.25) is 11.8 Å². The van der Waals surface area contributed by atoms with Gasteiger partial charge >= 0.3 is 12.1 Å². The van der Waals surface area contributed by atoms with Crippen LogP contribution in [0, 0.1) is 5.92 Å². The number of carboxylic acid groups (broad SMARTS) is 1. The number of nitrogens with zero attached hydrogens (tertiary/aromatic N) is 4. The van der Waals surface area contributed by atoms with Gasteiger partial charge in [-0.15, -0.1) is 11.3 Å². The standard InChI is InChI=1S/C35H42N6O7S/c1-40-16-15-37-30(40)28-18-25-29(49-28)27(13-14-36-25)47-23-17-26-31(42)39-35(33(44)45)19-21(35)9-5-3-2-4-6-12-24(32(43)41(26)20-23)38-34(46)48-22-10-7-8-11-22/h5,9,13-16,18,21-24,26H,2-4,6-8,10-12,17,19-20H2,1H3,(H,38,46)(H,39,42)(H,44,45)/b9-5-/t21-,23+,24-,26-,35+/m0/s1. The highest BCUT2D eigenvalue weighted by molar-refractivity contribution is 7.22. The summed E-state index contributed by atoms with van der Waals surface area (Å²) in [7, 11) is 1.92. The topological polar surface area (TPSA) is 165 Å². The molecule has 4 aliphatic rings. The predicted octanol–water partition coefficient (Wildman–Crippen LogP) is 4.56. The molecule has 0 spiro atoms. The van der Waals surface area contributed by atoms with E-state index < -0.39 is 47.6 Å². The summed E-state index contributed by atoms with van der Waals surface area (Å²) in [4.78, 5) is 65.1. The summed E-state index contributed by atoms with van der Waals surface area (Å²) >= 11 is 1.49. The summed E-state index contributed by atoms with van der Waals surface area (Å²) in [6.45, 7) is 0.0809. The van der Waals surface area contributed by atoms with Gasteiger partial charge in [0.1, 0.15) is 41.4 Å². The van der Waals surface area contributed by atoms with Crippen molar-refractivity contribution in [1.82, 2.24) is 30.1 Å². The summed E-state index contributed by atoms with van der Waals surface area (Å²) in [5.74, 6) is -1.01. The van der Waals surface area contributed by atoms with Crippen molar-refractivity contribution in [2.75, 3.05) is 6.54 Å². The molecule has 260 valence electrons. The van der Waals surface area contributed by atoms with Crippen LogP contribution < -0.4 is 15.4 Å². The van der Waals surface area contributed by atoms with Gasteiger partial charge in [-0.1, -0.05) is 25.0 Å². The van der Waals surface area contributed by atoms with E-state index in [1.165, 1.54) is 16.2 Å². The number of amides is 3. The average molecular weight is 691 g/mol. The number of hydrogen-bond donors (Lipinski definition) is 3. The van der Waals surface area contributed by atoms with Crippen molar-refractivity contribution in [3.8, 4) is 16.5 Å². The molecule has 2 aliphatic heterocycles. The van der Waals surface area contributed by atoms with Crippen LogP contribution in [0.25, 0.3) is 20.9 Å². The Morgan fingerprint density at radius 3 is 2.67 bits per heavy atom. The molecule has 1 saturated heterocycles. The van der Waals surface area contributed by atoms with Crippen molar-refractivity contribution < 1.29 is 33.8 Å². The zero-order valence-electron chi connectivity index (χ0n) is 27.5. The third kappa shape index (κ3) is 6.87. The Bertz CT molecular complexity index is 1770. The zero-order chi connectivity index (χ0) is 34.1. The van der Waals surface area contributed by atoms with Crippen LogP contribution in [0.3, 0.4) is 0 Å². The molecule has 3 N–H and O–H groups in total. The molecule has 13 nitrogen and oxygen atoms in total. The van der Waals surface area contributed by atoms with Crippen molar-refractivity contribution in [2.45, 2.75) is 100 Å². The number of allylic oxidation sites excluding steroid dienone is 1. The van der Waals surface area contributed by atoms with Crippen LogP contribution in [0.5, 0.6) is 5.75 Å². The van der Waals surface area contributed by atoms with Gasteiger partial charge in [0, 0.05) is 38.0 Å². The van der Waals surface area contributed by atoms with Gasteiger partial charge in [-0.3, -0.25) is 14.6 Å². The van der Waals surface area contributed by atoms with Crippen molar-refractivity contribution in [3.05, 3.63) is 42.9 Å². The summed E-state index contributed by atoms with van der Waals surface area (Å²) in [6, 6.07) is 1.82. The Kier molecular flexibility index (Phi) is 9.32. The quantitative estimate of drug-likeness (QED) is 0.315. The molecule has 0 radical (unpaired) electrons. The number of aromatic nitrogens is 3. The monoisotopic (exact) mass is 690 g/mol.